The Morgan fingerprint density at radius 3 is 2.69 bits per heavy atom. The minimum Gasteiger partial charge on any atom is -0.477 e. The number of nitrogens with zero attached hydrogens (tertiary/aromatic N) is 5. The van der Waals surface area contributed by atoms with Gasteiger partial charge in [0.25, 0.3) is 5.91 Å². The van der Waals surface area contributed by atoms with E-state index < -0.39 is 11.9 Å². The van der Waals surface area contributed by atoms with Crippen LogP contribution in [0.1, 0.15) is 33.8 Å². The number of carbonyl (C=O) groups excluding carboxylic acids is 1. The van der Waals surface area contributed by atoms with Crippen molar-refractivity contribution in [1.82, 2.24) is 24.5 Å². The van der Waals surface area contributed by atoms with Gasteiger partial charge in [0.15, 0.2) is 5.82 Å². The number of carboxylic acid groups (broad SMARTS) is 1. The van der Waals surface area contributed by atoms with Crippen molar-refractivity contribution in [3.63, 3.8) is 0 Å². The summed E-state index contributed by atoms with van der Waals surface area (Å²) in [5.41, 5.74) is 0.946. The van der Waals surface area contributed by atoms with Gasteiger partial charge in [-0.1, -0.05) is 0 Å². The Kier molecular flexibility index (Phi) is 6.36. The van der Waals surface area contributed by atoms with Gasteiger partial charge in [-0.25, -0.2) is 19.7 Å². The number of amides is 1. The summed E-state index contributed by atoms with van der Waals surface area (Å²) in [5.74, 6) is -0.705. The zero-order chi connectivity index (χ0) is 22.5. The van der Waals surface area contributed by atoms with Crippen LogP contribution in [0, 0.1) is 5.92 Å². The van der Waals surface area contributed by atoms with Crippen LogP contribution in [0.5, 0.6) is 5.88 Å². The number of pyridine rings is 1. The van der Waals surface area contributed by atoms with Gasteiger partial charge >= 0.3 is 5.97 Å². The van der Waals surface area contributed by atoms with Crippen molar-refractivity contribution in [3.05, 3.63) is 48.3 Å². The van der Waals surface area contributed by atoms with Crippen molar-refractivity contribution < 1.29 is 24.2 Å². The number of nitrogens with one attached hydrogen (secondary N) is 1. The summed E-state index contributed by atoms with van der Waals surface area (Å²) >= 11 is 0. The maximum atomic E-state index is 12.9. The van der Waals surface area contributed by atoms with Gasteiger partial charge in [-0.3, -0.25) is 4.79 Å². The number of aromatic carboxylic acids is 1. The summed E-state index contributed by atoms with van der Waals surface area (Å²) in [5, 5.41) is 11.6. The lowest BCUT2D eigenvalue weighted by molar-refractivity contribution is 0.0490. The first-order chi connectivity index (χ1) is 15.5. The molecule has 1 aliphatic heterocycles. The Morgan fingerprint density at radius 1 is 1.22 bits per heavy atom. The SMILES string of the molecule is Cn1cncc1-c1nc(OCC2CCOCC2)cc(C(=O)Nc2ccc(C(=O)O)nc2)n1. The molecule has 4 rings (SSSR count). The third kappa shape index (κ3) is 5.06. The van der Waals surface area contributed by atoms with Crippen LogP contribution in [0.15, 0.2) is 36.9 Å². The maximum Gasteiger partial charge on any atom is 0.354 e. The predicted molar refractivity (Wildman–Crippen MR) is 112 cm³/mol. The molecule has 11 nitrogen and oxygen atoms in total. The van der Waals surface area contributed by atoms with E-state index in [9.17, 15) is 9.59 Å². The molecule has 1 saturated heterocycles. The normalized spacial score (nSPS) is 14.2. The number of aryl methyl sites for hydroxylation is 1. The van der Waals surface area contributed by atoms with Crippen LogP contribution in [0.4, 0.5) is 5.69 Å². The number of rotatable bonds is 7. The number of imidazole rings is 1. The van der Waals surface area contributed by atoms with Gasteiger partial charge in [0.2, 0.25) is 5.88 Å². The molecule has 0 aromatic carbocycles. The molecule has 0 saturated carbocycles. The summed E-state index contributed by atoms with van der Waals surface area (Å²) in [4.78, 5) is 40.5. The monoisotopic (exact) mass is 438 g/mol. The van der Waals surface area contributed by atoms with Crippen molar-refractivity contribution in [2.24, 2.45) is 13.0 Å². The first kappa shape index (κ1) is 21.4. The van der Waals surface area contributed by atoms with E-state index >= 15 is 0 Å². The largest absolute Gasteiger partial charge is 0.477 e. The molecule has 1 fully saturated rings. The second-order valence-corrected chi connectivity index (χ2v) is 7.36. The van der Waals surface area contributed by atoms with Gasteiger partial charge in [0.1, 0.15) is 17.1 Å². The molecule has 0 aliphatic carbocycles. The van der Waals surface area contributed by atoms with Crippen molar-refractivity contribution in [2.45, 2.75) is 12.8 Å². The molecule has 0 spiro atoms. The Hall–Kier alpha value is -3.86. The van der Waals surface area contributed by atoms with Crippen LogP contribution in [-0.2, 0) is 11.8 Å². The van der Waals surface area contributed by atoms with Crippen molar-refractivity contribution in [2.75, 3.05) is 25.1 Å². The Labute approximate surface area is 183 Å². The third-order valence-electron chi connectivity index (χ3n) is 5.03. The summed E-state index contributed by atoms with van der Waals surface area (Å²) in [6.45, 7) is 1.88. The fourth-order valence-electron chi connectivity index (χ4n) is 3.21. The number of ether oxygens (including phenoxy) is 2. The van der Waals surface area contributed by atoms with E-state index in [-0.39, 0.29) is 17.3 Å². The molecule has 3 aromatic rings. The van der Waals surface area contributed by atoms with E-state index in [4.69, 9.17) is 14.6 Å². The van der Waals surface area contributed by atoms with Gasteiger partial charge in [-0.15, -0.1) is 0 Å². The molecule has 0 bridgehead atoms. The van der Waals surface area contributed by atoms with Crippen molar-refractivity contribution in [3.8, 4) is 17.4 Å². The topological polar surface area (TPSA) is 141 Å². The summed E-state index contributed by atoms with van der Waals surface area (Å²) in [6.07, 6.45) is 6.31. The van der Waals surface area contributed by atoms with E-state index in [1.807, 2.05) is 0 Å². The Balaban J connectivity index is 1.57. The minimum atomic E-state index is -1.15. The molecule has 2 N–H and O–H groups in total. The highest BCUT2D eigenvalue weighted by Crippen LogP contribution is 2.21. The first-order valence-corrected chi connectivity index (χ1v) is 10.1. The molecule has 0 radical (unpaired) electrons. The zero-order valence-electron chi connectivity index (χ0n) is 17.4. The number of carboxylic acids is 1. The van der Waals surface area contributed by atoms with E-state index in [1.165, 1.54) is 24.4 Å². The number of carbonyl (C=O) groups is 2. The average Bonchev–Trinajstić information content (AvgIpc) is 3.24. The number of hydrogen-bond acceptors (Lipinski definition) is 8. The van der Waals surface area contributed by atoms with E-state index in [0.717, 1.165) is 12.8 Å². The summed E-state index contributed by atoms with van der Waals surface area (Å²) in [6, 6.07) is 4.25. The van der Waals surface area contributed by atoms with Crippen LogP contribution in [0.2, 0.25) is 0 Å². The fourth-order valence-corrected chi connectivity index (χ4v) is 3.21. The predicted octanol–water partition coefficient (Wildman–Crippen LogP) is 2.03. The van der Waals surface area contributed by atoms with E-state index in [0.29, 0.717) is 42.9 Å². The van der Waals surface area contributed by atoms with Crippen molar-refractivity contribution >= 4 is 17.6 Å². The quantitative estimate of drug-likeness (QED) is 0.566. The molecule has 0 unspecified atom stereocenters. The summed E-state index contributed by atoms with van der Waals surface area (Å²) < 4.78 is 13.0. The van der Waals surface area contributed by atoms with Crippen LogP contribution >= 0.6 is 0 Å². The maximum absolute atomic E-state index is 12.9. The van der Waals surface area contributed by atoms with Gasteiger partial charge in [-0.2, -0.15) is 4.98 Å². The molecule has 11 heteroatoms. The third-order valence-corrected chi connectivity index (χ3v) is 5.03. The second kappa shape index (κ2) is 9.52. The molecule has 166 valence electrons. The average molecular weight is 438 g/mol. The smallest absolute Gasteiger partial charge is 0.354 e. The van der Waals surface area contributed by atoms with Crippen LogP contribution in [0.25, 0.3) is 11.5 Å². The lowest BCUT2D eigenvalue weighted by Crippen LogP contribution is -2.22. The minimum absolute atomic E-state index is 0.0977. The molecule has 1 amide bonds. The highest BCUT2D eigenvalue weighted by Gasteiger charge is 2.19. The number of hydrogen-bond donors (Lipinski definition) is 2. The lowest BCUT2D eigenvalue weighted by atomic mass is 10.0. The van der Waals surface area contributed by atoms with Gasteiger partial charge < -0.3 is 24.5 Å². The number of anilines is 1. The van der Waals surface area contributed by atoms with Gasteiger partial charge in [0.05, 0.1) is 31.0 Å². The molecular weight excluding hydrogens is 416 g/mol. The Morgan fingerprint density at radius 2 is 2.03 bits per heavy atom. The van der Waals surface area contributed by atoms with Crippen LogP contribution in [-0.4, -0.2) is 61.3 Å². The summed E-state index contributed by atoms with van der Waals surface area (Å²) in [7, 11) is 1.80. The standard InChI is InChI=1S/C21H22N6O5/c1-27-12-22-10-17(27)19-25-16(8-18(26-19)32-11-13-4-6-31-7-5-13)20(28)24-14-2-3-15(21(29)30)23-9-14/h2-3,8-10,12-13H,4-7,11H2,1H3,(H,24,28)(H,29,30). The lowest BCUT2D eigenvalue weighted by Gasteiger charge is -2.22. The molecule has 32 heavy (non-hydrogen) atoms. The molecule has 0 atom stereocenters. The highest BCUT2D eigenvalue weighted by molar-refractivity contribution is 6.03. The van der Waals surface area contributed by atoms with Crippen LogP contribution in [0.3, 0.4) is 0 Å². The molecule has 4 heterocycles. The number of aromatic nitrogens is 5. The van der Waals surface area contributed by atoms with Gasteiger partial charge in [0, 0.05) is 26.3 Å². The zero-order valence-corrected chi connectivity index (χ0v) is 17.4. The highest BCUT2D eigenvalue weighted by atomic mass is 16.5. The Bertz CT molecular complexity index is 1110. The second-order valence-electron chi connectivity index (χ2n) is 7.36. The van der Waals surface area contributed by atoms with Crippen LogP contribution < -0.4 is 10.1 Å². The first-order valence-electron chi connectivity index (χ1n) is 10.1. The van der Waals surface area contributed by atoms with E-state index in [1.54, 1.807) is 24.1 Å². The van der Waals surface area contributed by atoms with E-state index in [2.05, 4.69) is 25.3 Å². The molecular formula is C21H22N6O5. The van der Waals surface area contributed by atoms with Crippen molar-refractivity contribution in [1.29, 1.82) is 0 Å². The molecule has 3 aromatic heterocycles. The van der Waals surface area contributed by atoms with Gasteiger partial charge in [-0.05, 0) is 30.9 Å². The fraction of sp³-hybridized carbons (Fsp3) is 0.333. The molecule has 1 aliphatic rings.